The molecule has 184 valence electrons. The number of rotatable bonds is 7. The van der Waals surface area contributed by atoms with E-state index in [1.165, 1.54) is 12.1 Å². The molecule has 0 radical (unpaired) electrons. The van der Waals surface area contributed by atoms with Gasteiger partial charge in [0.2, 0.25) is 0 Å². The van der Waals surface area contributed by atoms with Crippen molar-refractivity contribution in [1.82, 2.24) is 9.88 Å². The van der Waals surface area contributed by atoms with E-state index in [2.05, 4.69) is 4.98 Å². The van der Waals surface area contributed by atoms with Gasteiger partial charge in [0, 0.05) is 35.4 Å². The van der Waals surface area contributed by atoms with Crippen LogP contribution in [0.3, 0.4) is 0 Å². The first kappa shape index (κ1) is 25.0. The maximum Gasteiger partial charge on any atom is 0.260 e. The monoisotopic (exact) mass is 519 g/mol. The Bertz CT molecular complexity index is 1230. The highest BCUT2D eigenvalue weighted by molar-refractivity contribution is 6.36. The van der Waals surface area contributed by atoms with Gasteiger partial charge in [-0.15, -0.1) is 0 Å². The molecule has 1 aliphatic heterocycles. The van der Waals surface area contributed by atoms with Crippen LogP contribution in [-0.2, 0) is 4.79 Å². The molecule has 1 fully saturated rings. The summed E-state index contributed by atoms with van der Waals surface area (Å²) >= 11 is 12.3. The molecule has 0 spiro atoms. The van der Waals surface area contributed by atoms with Crippen molar-refractivity contribution >= 4 is 34.9 Å². The van der Waals surface area contributed by atoms with Crippen molar-refractivity contribution in [2.24, 2.45) is 0 Å². The van der Waals surface area contributed by atoms with Gasteiger partial charge in [-0.1, -0.05) is 35.3 Å². The number of aliphatic hydroxyl groups excluding tert-OH is 1. The molecule has 1 saturated heterocycles. The molecule has 10 heteroatoms. The number of ether oxygens (including phenoxy) is 2. The fourth-order valence-corrected chi connectivity index (χ4v) is 4.50. The molecule has 0 aliphatic carbocycles. The van der Waals surface area contributed by atoms with Gasteiger partial charge in [0.15, 0.2) is 18.2 Å². The fourth-order valence-electron chi connectivity index (χ4n) is 3.82. The van der Waals surface area contributed by atoms with Crippen LogP contribution in [0, 0.1) is 5.82 Å². The van der Waals surface area contributed by atoms with E-state index in [1.54, 1.807) is 36.2 Å². The van der Waals surface area contributed by atoms with Crippen molar-refractivity contribution < 1.29 is 23.8 Å². The number of nitrogens with zero attached hydrogens (tertiary/aromatic N) is 2. The van der Waals surface area contributed by atoms with Crippen molar-refractivity contribution in [1.29, 1.82) is 0 Å². The predicted octanol–water partition coefficient (Wildman–Crippen LogP) is 4.89. The van der Waals surface area contributed by atoms with Gasteiger partial charge >= 0.3 is 0 Å². The Hall–Kier alpha value is -3.07. The summed E-state index contributed by atoms with van der Waals surface area (Å²) in [5.74, 6) is 0.233. The second-order valence-corrected chi connectivity index (χ2v) is 9.00. The van der Waals surface area contributed by atoms with E-state index < -0.39 is 18.0 Å². The van der Waals surface area contributed by atoms with E-state index >= 15 is 0 Å². The highest BCUT2D eigenvalue weighted by atomic mass is 35.5. The van der Waals surface area contributed by atoms with Gasteiger partial charge in [0.1, 0.15) is 17.7 Å². The van der Waals surface area contributed by atoms with Crippen LogP contribution in [-0.4, -0.2) is 46.7 Å². The second kappa shape index (κ2) is 10.7. The highest BCUT2D eigenvalue weighted by Crippen LogP contribution is 2.37. The van der Waals surface area contributed by atoms with Gasteiger partial charge in [0.25, 0.3) is 5.91 Å². The summed E-state index contributed by atoms with van der Waals surface area (Å²) in [5, 5.41) is 9.74. The Morgan fingerprint density at radius 1 is 1.26 bits per heavy atom. The number of nitrogen functional groups attached to an aromatic ring is 1. The molecule has 3 N–H and O–H groups in total. The number of carbonyl (C=O) groups is 1. The number of amides is 1. The van der Waals surface area contributed by atoms with Gasteiger partial charge in [-0.2, -0.15) is 0 Å². The van der Waals surface area contributed by atoms with Gasteiger partial charge < -0.3 is 25.2 Å². The molecule has 0 bridgehead atoms. The first-order valence-electron chi connectivity index (χ1n) is 11.0. The average molecular weight is 520 g/mol. The summed E-state index contributed by atoms with van der Waals surface area (Å²) in [6.07, 6.45) is 1.04. The SMILES string of the molecule is CC(Oc1cc(-c2ccc(OCC(=O)N3CCC(O)C3)cc2)cnc1N)c1c(Cl)ccc(F)c1Cl. The van der Waals surface area contributed by atoms with Crippen LogP contribution >= 0.6 is 23.2 Å². The molecular weight excluding hydrogens is 496 g/mol. The largest absolute Gasteiger partial charge is 0.484 e. The van der Waals surface area contributed by atoms with Crippen LogP contribution in [0.1, 0.15) is 25.0 Å². The lowest BCUT2D eigenvalue weighted by Gasteiger charge is -2.19. The lowest BCUT2D eigenvalue weighted by atomic mass is 10.1. The number of hydrogen-bond acceptors (Lipinski definition) is 6. The van der Waals surface area contributed by atoms with Gasteiger partial charge in [0.05, 0.1) is 11.1 Å². The Morgan fingerprint density at radius 3 is 2.69 bits per heavy atom. The van der Waals surface area contributed by atoms with Crippen LogP contribution in [0.2, 0.25) is 10.0 Å². The fraction of sp³-hybridized carbons (Fsp3) is 0.280. The summed E-state index contributed by atoms with van der Waals surface area (Å²) < 4.78 is 25.5. The lowest BCUT2D eigenvalue weighted by Crippen LogP contribution is -2.33. The van der Waals surface area contributed by atoms with Crippen LogP contribution in [0.15, 0.2) is 48.7 Å². The third kappa shape index (κ3) is 5.78. The number of halogens is 3. The molecule has 1 aromatic heterocycles. The van der Waals surface area contributed by atoms with Crippen LogP contribution in [0.25, 0.3) is 11.1 Å². The maximum atomic E-state index is 13.9. The topological polar surface area (TPSA) is 97.9 Å². The number of aromatic nitrogens is 1. The molecule has 4 rings (SSSR count). The number of pyridine rings is 1. The zero-order valence-corrected chi connectivity index (χ0v) is 20.4. The van der Waals surface area contributed by atoms with E-state index in [-0.39, 0.29) is 28.4 Å². The molecule has 2 atom stereocenters. The minimum Gasteiger partial charge on any atom is -0.484 e. The predicted molar refractivity (Wildman–Crippen MR) is 132 cm³/mol. The summed E-state index contributed by atoms with van der Waals surface area (Å²) in [5.41, 5.74) is 7.87. The van der Waals surface area contributed by atoms with E-state index in [0.717, 1.165) is 11.1 Å². The maximum absolute atomic E-state index is 13.9. The smallest absolute Gasteiger partial charge is 0.260 e. The standard InChI is InChI=1S/C25H24Cl2FN3O4/c1-14(23-19(26)6-7-20(28)24(23)27)35-21-10-16(11-30-25(21)29)15-2-4-18(5-3-15)34-13-22(33)31-9-8-17(32)12-31/h2-7,10-11,14,17,32H,8-9,12-13H2,1H3,(H2,29,30). The molecule has 1 aliphatic rings. The van der Waals surface area contributed by atoms with Gasteiger partial charge in [-0.05, 0) is 49.2 Å². The van der Waals surface area contributed by atoms with Crippen LogP contribution in [0.4, 0.5) is 10.2 Å². The van der Waals surface area contributed by atoms with Crippen molar-refractivity contribution in [3.8, 4) is 22.6 Å². The molecule has 2 aromatic carbocycles. The zero-order chi connectivity index (χ0) is 25.1. The minimum absolute atomic E-state index is 0.101. The molecule has 7 nitrogen and oxygen atoms in total. The number of nitrogens with two attached hydrogens (primary N) is 1. The van der Waals surface area contributed by atoms with Gasteiger partial charge in [-0.3, -0.25) is 4.79 Å². The van der Waals surface area contributed by atoms with Crippen LogP contribution in [0.5, 0.6) is 11.5 Å². The quantitative estimate of drug-likeness (QED) is 0.431. The van der Waals surface area contributed by atoms with E-state index in [1.807, 2.05) is 12.1 Å². The molecular formula is C25H24Cl2FN3O4. The molecule has 2 unspecified atom stereocenters. The number of hydrogen-bond donors (Lipinski definition) is 2. The zero-order valence-electron chi connectivity index (χ0n) is 18.9. The Balaban J connectivity index is 1.44. The van der Waals surface area contributed by atoms with Crippen molar-refractivity contribution in [2.75, 3.05) is 25.4 Å². The van der Waals surface area contributed by atoms with E-state index in [4.69, 9.17) is 38.4 Å². The van der Waals surface area contributed by atoms with E-state index in [0.29, 0.717) is 36.6 Å². The molecule has 2 heterocycles. The normalized spacial score (nSPS) is 16.3. The third-order valence-electron chi connectivity index (χ3n) is 5.74. The third-order valence-corrected chi connectivity index (χ3v) is 6.45. The minimum atomic E-state index is -0.685. The van der Waals surface area contributed by atoms with Crippen molar-refractivity contribution in [2.45, 2.75) is 25.6 Å². The first-order valence-corrected chi connectivity index (χ1v) is 11.7. The number of likely N-dealkylation sites (tertiary alicyclic amines) is 1. The highest BCUT2D eigenvalue weighted by Gasteiger charge is 2.24. The Morgan fingerprint density at radius 2 is 2.00 bits per heavy atom. The average Bonchev–Trinajstić information content (AvgIpc) is 3.28. The Labute approximate surface area is 212 Å². The molecule has 35 heavy (non-hydrogen) atoms. The van der Waals surface area contributed by atoms with Crippen molar-refractivity contribution in [3.05, 3.63) is 70.1 Å². The number of benzene rings is 2. The summed E-state index contributed by atoms with van der Waals surface area (Å²) in [6.45, 7) is 2.46. The van der Waals surface area contributed by atoms with E-state index in [9.17, 15) is 14.3 Å². The Kier molecular flexibility index (Phi) is 7.64. The first-order chi connectivity index (χ1) is 16.7. The number of β-amino-alcohol motifs (C(OH)–C–C–N with tert-alkyl or cyclic N) is 1. The second-order valence-electron chi connectivity index (χ2n) is 8.22. The molecule has 0 saturated carbocycles. The molecule has 3 aromatic rings. The summed E-state index contributed by atoms with van der Waals surface area (Å²) in [4.78, 5) is 18.0. The number of anilines is 1. The molecule has 1 amide bonds. The van der Waals surface area contributed by atoms with Crippen LogP contribution < -0.4 is 15.2 Å². The summed E-state index contributed by atoms with van der Waals surface area (Å²) in [7, 11) is 0. The summed E-state index contributed by atoms with van der Waals surface area (Å²) in [6, 6.07) is 11.5. The number of carbonyl (C=O) groups excluding carboxylic acids is 1. The van der Waals surface area contributed by atoms with Crippen molar-refractivity contribution in [3.63, 3.8) is 0 Å². The van der Waals surface area contributed by atoms with Gasteiger partial charge in [-0.25, -0.2) is 9.37 Å². The number of aliphatic hydroxyl groups is 1. The lowest BCUT2D eigenvalue weighted by molar-refractivity contribution is -0.132.